The molecule has 1 saturated carbocycles. The van der Waals surface area contributed by atoms with Crippen LogP contribution in [0.3, 0.4) is 0 Å². The highest BCUT2D eigenvalue weighted by Crippen LogP contribution is 2.33. The third-order valence-electron chi connectivity index (χ3n) is 5.19. The molecule has 25 heavy (non-hydrogen) atoms. The van der Waals surface area contributed by atoms with E-state index in [0.29, 0.717) is 11.8 Å². The predicted molar refractivity (Wildman–Crippen MR) is 85.8 cm³/mol. The van der Waals surface area contributed by atoms with Gasteiger partial charge in [-0.25, -0.2) is 4.79 Å². The van der Waals surface area contributed by atoms with Crippen LogP contribution >= 0.6 is 0 Å². The molecule has 0 bridgehead atoms. The first-order valence-electron chi connectivity index (χ1n) is 9.35. The Morgan fingerprint density at radius 2 is 1.56 bits per heavy atom. The van der Waals surface area contributed by atoms with Crippen LogP contribution in [0.2, 0.25) is 0 Å². The molecule has 1 aliphatic carbocycles. The molecule has 4 nitrogen and oxygen atoms in total. The van der Waals surface area contributed by atoms with Crippen LogP contribution in [0.1, 0.15) is 58.3 Å². The van der Waals surface area contributed by atoms with Crippen LogP contribution in [0, 0.1) is 17.8 Å². The Morgan fingerprint density at radius 1 is 0.960 bits per heavy atom. The van der Waals surface area contributed by atoms with E-state index in [1.165, 1.54) is 0 Å². The highest BCUT2D eigenvalue weighted by Gasteiger charge is 2.41. The zero-order chi connectivity index (χ0) is 18.3. The molecule has 0 N–H and O–H groups in total. The monoisotopic (exact) mass is 366 g/mol. The lowest BCUT2D eigenvalue weighted by Gasteiger charge is -2.32. The summed E-state index contributed by atoms with van der Waals surface area (Å²) in [5.74, 6) is -0.978. The fourth-order valence-electron chi connectivity index (χ4n) is 3.66. The largest absolute Gasteiger partial charge is 0.490 e. The molecule has 2 rings (SSSR count). The SMILES string of the molecule is CCCC1COC(CCC2CCC(COC(=O)C(F)(F)F)CC2)OC1. The first kappa shape index (κ1) is 20.5. The van der Waals surface area contributed by atoms with Gasteiger partial charge >= 0.3 is 12.1 Å². The maximum absolute atomic E-state index is 12.1. The van der Waals surface area contributed by atoms with Gasteiger partial charge in [0, 0.05) is 5.92 Å². The maximum atomic E-state index is 12.1. The normalized spacial score (nSPS) is 30.9. The van der Waals surface area contributed by atoms with Crippen LogP contribution in [-0.2, 0) is 19.0 Å². The van der Waals surface area contributed by atoms with Crippen molar-refractivity contribution in [2.75, 3.05) is 19.8 Å². The lowest BCUT2D eigenvalue weighted by atomic mass is 9.80. The van der Waals surface area contributed by atoms with Crippen molar-refractivity contribution in [3.63, 3.8) is 0 Å². The number of carbonyl (C=O) groups is 1. The highest BCUT2D eigenvalue weighted by atomic mass is 19.4. The second kappa shape index (κ2) is 9.76. The van der Waals surface area contributed by atoms with Crippen LogP contribution in [0.4, 0.5) is 13.2 Å². The van der Waals surface area contributed by atoms with Gasteiger partial charge in [0.2, 0.25) is 0 Å². The van der Waals surface area contributed by atoms with Crippen molar-refractivity contribution in [3.05, 3.63) is 0 Å². The van der Waals surface area contributed by atoms with Gasteiger partial charge in [-0.2, -0.15) is 13.2 Å². The van der Waals surface area contributed by atoms with Gasteiger partial charge in [0.05, 0.1) is 19.8 Å². The molecule has 0 aromatic heterocycles. The Morgan fingerprint density at radius 3 is 2.12 bits per heavy atom. The van der Waals surface area contributed by atoms with Crippen LogP contribution < -0.4 is 0 Å². The molecule has 0 amide bonds. The quantitative estimate of drug-likeness (QED) is 0.624. The van der Waals surface area contributed by atoms with Crippen molar-refractivity contribution in [3.8, 4) is 0 Å². The Bertz CT molecular complexity index is 398. The second-order valence-corrected chi connectivity index (χ2v) is 7.31. The van der Waals surface area contributed by atoms with E-state index in [2.05, 4.69) is 11.7 Å². The number of halogens is 3. The lowest BCUT2D eigenvalue weighted by Crippen LogP contribution is -2.32. The molecule has 0 aromatic carbocycles. The Hall–Kier alpha value is -0.820. The van der Waals surface area contributed by atoms with E-state index in [0.717, 1.165) is 64.6 Å². The van der Waals surface area contributed by atoms with Gasteiger partial charge < -0.3 is 14.2 Å². The topological polar surface area (TPSA) is 44.8 Å². The lowest BCUT2D eigenvalue weighted by molar-refractivity contribution is -0.205. The van der Waals surface area contributed by atoms with Crippen LogP contribution in [-0.4, -0.2) is 38.3 Å². The minimum atomic E-state index is -4.90. The number of hydrogen-bond donors (Lipinski definition) is 0. The molecular weight excluding hydrogens is 337 g/mol. The molecule has 1 aliphatic heterocycles. The van der Waals surface area contributed by atoms with Gasteiger partial charge in [-0.3, -0.25) is 0 Å². The van der Waals surface area contributed by atoms with Crippen molar-refractivity contribution < 1.29 is 32.2 Å². The summed E-state index contributed by atoms with van der Waals surface area (Å²) in [5, 5.41) is 0. The van der Waals surface area contributed by atoms with Crippen LogP contribution in [0.5, 0.6) is 0 Å². The molecule has 7 heteroatoms. The van der Waals surface area contributed by atoms with E-state index in [9.17, 15) is 18.0 Å². The fourth-order valence-corrected chi connectivity index (χ4v) is 3.66. The zero-order valence-corrected chi connectivity index (χ0v) is 14.9. The average molecular weight is 366 g/mol. The summed E-state index contributed by atoms with van der Waals surface area (Å²) in [6, 6.07) is 0. The molecular formula is C18H29F3O4. The summed E-state index contributed by atoms with van der Waals surface area (Å²) in [7, 11) is 0. The maximum Gasteiger partial charge on any atom is 0.490 e. The van der Waals surface area contributed by atoms with E-state index in [-0.39, 0.29) is 18.8 Å². The molecule has 1 saturated heterocycles. The smallest absolute Gasteiger partial charge is 0.459 e. The third-order valence-corrected chi connectivity index (χ3v) is 5.19. The van der Waals surface area contributed by atoms with Crippen LogP contribution in [0.25, 0.3) is 0 Å². The van der Waals surface area contributed by atoms with Crippen molar-refractivity contribution in [2.45, 2.75) is 70.8 Å². The van der Waals surface area contributed by atoms with Crippen LogP contribution in [0.15, 0.2) is 0 Å². The fraction of sp³-hybridized carbons (Fsp3) is 0.944. The number of hydrogen-bond acceptors (Lipinski definition) is 4. The molecule has 2 aliphatic rings. The number of alkyl halides is 3. The van der Waals surface area contributed by atoms with Gasteiger partial charge in [-0.1, -0.05) is 26.2 Å². The summed E-state index contributed by atoms with van der Waals surface area (Å²) < 4.78 is 52.2. The highest BCUT2D eigenvalue weighted by molar-refractivity contribution is 5.75. The third kappa shape index (κ3) is 7.13. The van der Waals surface area contributed by atoms with E-state index in [4.69, 9.17) is 9.47 Å². The van der Waals surface area contributed by atoms with E-state index < -0.39 is 12.1 Å². The van der Waals surface area contributed by atoms with Crippen molar-refractivity contribution in [1.29, 1.82) is 0 Å². The number of carbonyl (C=O) groups excluding carboxylic acids is 1. The van der Waals surface area contributed by atoms with E-state index in [1.54, 1.807) is 0 Å². The van der Waals surface area contributed by atoms with E-state index in [1.807, 2.05) is 0 Å². The summed E-state index contributed by atoms with van der Waals surface area (Å²) >= 11 is 0. The number of ether oxygens (including phenoxy) is 3. The number of rotatable bonds is 7. The summed E-state index contributed by atoms with van der Waals surface area (Å²) in [6.45, 7) is 3.58. The van der Waals surface area contributed by atoms with Gasteiger partial charge in [-0.15, -0.1) is 0 Å². The molecule has 0 atom stereocenters. The summed E-state index contributed by atoms with van der Waals surface area (Å²) in [5.41, 5.74) is 0. The minimum Gasteiger partial charge on any atom is -0.459 e. The van der Waals surface area contributed by atoms with Gasteiger partial charge in [0.15, 0.2) is 6.29 Å². The number of esters is 1. The molecule has 146 valence electrons. The Labute approximate surface area is 147 Å². The Kier molecular flexibility index (Phi) is 8.00. The molecule has 0 unspecified atom stereocenters. The average Bonchev–Trinajstić information content (AvgIpc) is 2.59. The second-order valence-electron chi connectivity index (χ2n) is 7.31. The van der Waals surface area contributed by atoms with Gasteiger partial charge in [0.1, 0.15) is 0 Å². The summed E-state index contributed by atoms with van der Waals surface area (Å²) in [6.07, 6.45) is 2.68. The first-order valence-corrected chi connectivity index (χ1v) is 9.35. The van der Waals surface area contributed by atoms with Gasteiger partial charge in [-0.05, 0) is 43.9 Å². The van der Waals surface area contributed by atoms with E-state index >= 15 is 0 Å². The minimum absolute atomic E-state index is 0.0412. The Balaban J connectivity index is 1.56. The molecule has 2 fully saturated rings. The summed E-state index contributed by atoms with van der Waals surface area (Å²) in [4.78, 5) is 10.7. The molecule has 0 spiro atoms. The van der Waals surface area contributed by atoms with Crippen molar-refractivity contribution >= 4 is 5.97 Å². The van der Waals surface area contributed by atoms with Crippen molar-refractivity contribution in [1.82, 2.24) is 0 Å². The standard InChI is InChI=1S/C18H29F3O4/c1-2-3-15-11-23-16(24-12-15)9-8-13-4-6-14(7-5-13)10-25-17(22)18(19,20)21/h13-16H,2-12H2,1H3. The predicted octanol–water partition coefficient (Wildman–Crippen LogP) is 4.47. The molecule has 1 heterocycles. The molecule has 0 aromatic rings. The van der Waals surface area contributed by atoms with Gasteiger partial charge in [0.25, 0.3) is 0 Å². The molecule has 0 radical (unpaired) electrons. The zero-order valence-electron chi connectivity index (χ0n) is 14.9. The first-order chi connectivity index (χ1) is 11.9. The van der Waals surface area contributed by atoms with Crippen molar-refractivity contribution in [2.24, 2.45) is 17.8 Å².